The fraction of sp³-hybridized carbons (Fsp3) is 0.500. The third-order valence-corrected chi connectivity index (χ3v) is 7.18. The molecule has 6 rings (SSSR count). The number of pyridine rings is 1. The van der Waals surface area contributed by atoms with Crippen molar-refractivity contribution in [1.82, 2.24) is 9.88 Å². The number of β-amino-alcohol motifs (C(OH)–C–C–N with tert-alkyl or cyclic N) is 1. The molecule has 0 unspecified atom stereocenters. The number of piperidine rings is 3. The average molecular weight is 434 g/mol. The summed E-state index contributed by atoms with van der Waals surface area (Å²) in [5, 5.41) is 21.5. The second-order valence-electron chi connectivity index (χ2n) is 9.30. The normalized spacial score (nSPS) is 31.4. The second kappa shape index (κ2) is 8.84. The first-order valence-corrected chi connectivity index (χ1v) is 11.5. The van der Waals surface area contributed by atoms with E-state index in [1.165, 1.54) is 0 Å². The molecule has 32 heavy (non-hydrogen) atoms. The van der Waals surface area contributed by atoms with Gasteiger partial charge in [-0.15, -0.1) is 0 Å². The van der Waals surface area contributed by atoms with Crippen molar-refractivity contribution in [2.45, 2.75) is 37.1 Å². The molecule has 0 aliphatic carbocycles. The molecule has 0 radical (unpaired) electrons. The summed E-state index contributed by atoms with van der Waals surface area (Å²) in [5.74, 6) is 7.60. The summed E-state index contributed by atoms with van der Waals surface area (Å²) < 4.78 is 5.39. The van der Waals surface area contributed by atoms with Gasteiger partial charge in [0.15, 0.2) is 0 Å². The van der Waals surface area contributed by atoms with Gasteiger partial charge in [0.1, 0.15) is 17.5 Å². The van der Waals surface area contributed by atoms with Crippen molar-refractivity contribution in [2.75, 3.05) is 44.7 Å². The summed E-state index contributed by atoms with van der Waals surface area (Å²) in [6.45, 7) is 3.87. The molecule has 0 spiro atoms. The Morgan fingerprint density at radius 1 is 1.12 bits per heavy atom. The van der Waals surface area contributed by atoms with Gasteiger partial charge in [-0.1, -0.05) is 42.2 Å². The lowest BCUT2D eigenvalue weighted by atomic mass is 9.75. The minimum absolute atomic E-state index is 0.209. The summed E-state index contributed by atoms with van der Waals surface area (Å²) in [6.07, 6.45) is 1.95. The predicted molar refractivity (Wildman–Crippen MR) is 123 cm³/mol. The van der Waals surface area contributed by atoms with E-state index in [0.29, 0.717) is 26.1 Å². The molecule has 4 saturated heterocycles. The second-order valence-corrected chi connectivity index (χ2v) is 9.30. The summed E-state index contributed by atoms with van der Waals surface area (Å²) >= 11 is 0. The quantitative estimate of drug-likeness (QED) is 0.715. The molecule has 6 nitrogen and oxygen atoms in total. The van der Waals surface area contributed by atoms with Gasteiger partial charge in [0, 0.05) is 44.6 Å². The predicted octanol–water partition coefficient (Wildman–Crippen LogP) is 1.68. The lowest BCUT2D eigenvalue weighted by Gasteiger charge is -2.47. The van der Waals surface area contributed by atoms with Gasteiger partial charge in [0.2, 0.25) is 0 Å². The first-order valence-electron chi connectivity index (χ1n) is 11.5. The smallest absolute Gasteiger partial charge is 0.141 e. The number of aliphatic hydroxyl groups excluding tert-OH is 1. The SMILES string of the molecule is CO[C@@H]1CN(c2ccc(C#C[C@]3(O)CN4CCC3CC4)c(Cc3ccccc3)n2)C[C@@H]1O. The number of aliphatic hydroxyl groups is 2. The van der Waals surface area contributed by atoms with Crippen molar-refractivity contribution in [3.05, 3.63) is 59.3 Å². The van der Waals surface area contributed by atoms with Crippen LogP contribution in [0.25, 0.3) is 0 Å². The van der Waals surface area contributed by atoms with E-state index >= 15 is 0 Å². The molecule has 5 heterocycles. The van der Waals surface area contributed by atoms with Gasteiger partial charge < -0.3 is 19.8 Å². The highest BCUT2D eigenvalue weighted by Crippen LogP contribution is 2.35. The Kier molecular flexibility index (Phi) is 5.92. The Hall–Kier alpha value is -2.43. The average Bonchev–Trinajstić information content (AvgIpc) is 3.20. The topological polar surface area (TPSA) is 69.1 Å². The maximum Gasteiger partial charge on any atom is 0.141 e. The van der Waals surface area contributed by atoms with Crippen LogP contribution in [0.1, 0.15) is 29.7 Å². The maximum absolute atomic E-state index is 11.2. The Balaban J connectivity index is 1.46. The number of ether oxygens (including phenoxy) is 1. The third-order valence-electron chi connectivity index (χ3n) is 7.18. The van der Waals surface area contributed by atoms with Crippen LogP contribution < -0.4 is 4.90 Å². The molecule has 0 saturated carbocycles. The molecule has 2 N–H and O–H groups in total. The van der Waals surface area contributed by atoms with Crippen LogP contribution in [-0.4, -0.2) is 77.7 Å². The molecular weight excluding hydrogens is 402 g/mol. The van der Waals surface area contributed by atoms with Gasteiger partial charge in [-0.25, -0.2) is 4.98 Å². The summed E-state index contributed by atoms with van der Waals surface area (Å²) in [7, 11) is 1.63. The van der Waals surface area contributed by atoms with E-state index in [2.05, 4.69) is 33.8 Å². The van der Waals surface area contributed by atoms with Crippen LogP contribution in [0.4, 0.5) is 5.82 Å². The zero-order valence-corrected chi connectivity index (χ0v) is 18.6. The van der Waals surface area contributed by atoms with Crippen LogP contribution in [0.2, 0.25) is 0 Å². The monoisotopic (exact) mass is 433 g/mol. The number of rotatable bonds is 4. The molecule has 1 aromatic heterocycles. The molecule has 2 bridgehead atoms. The van der Waals surface area contributed by atoms with Crippen molar-refractivity contribution in [3.8, 4) is 11.8 Å². The zero-order chi connectivity index (χ0) is 22.1. The third kappa shape index (κ3) is 4.26. The first kappa shape index (κ1) is 21.4. The van der Waals surface area contributed by atoms with Crippen molar-refractivity contribution in [1.29, 1.82) is 0 Å². The van der Waals surface area contributed by atoms with Gasteiger partial charge in [-0.2, -0.15) is 0 Å². The lowest BCUT2D eigenvalue weighted by molar-refractivity contribution is -0.0713. The van der Waals surface area contributed by atoms with E-state index in [9.17, 15) is 10.2 Å². The fourth-order valence-electron chi connectivity index (χ4n) is 5.23. The molecule has 0 amide bonds. The van der Waals surface area contributed by atoms with Crippen LogP contribution in [0.15, 0.2) is 42.5 Å². The molecule has 3 atom stereocenters. The van der Waals surface area contributed by atoms with E-state index in [4.69, 9.17) is 9.72 Å². The van der Waals surface area contributed by atoms with Gasteiger partial charge in [-0.3, -0.25) is 4.90 Å². The highest BCUT2D eigenvalue weighted by Gasteiger charge is 2.44. The van der Waals surface area contributed by atoms with Crippen molar-refractivity contribution >= 4 is 5.82 Å². The van der Waals surface area contributed by atoms with E-state index in [0.717, 1.165) is 48.6 Å². The number of benzene rings is 1. The molecule has 4 aliphatic heterocycles. The van der Waals surface area contributed by atoms with Gasteiger partial charge in [0.05, 0.1) is 11.8 Å². The van der Waals surface area contributed by atoms with Crippen LogP contribution >= 0.6 is 0 Å². The minimum atomic E-state index is -0.941. The van der Waals surface area contributed by atoms with Gasteiger partial charge >= 0.3 is 0 Å². The summed E-state index contributed by atoms with van der Waals surface area (Å²) in [4.78, 5) is 9.32. The van der Waals surface area contributed by atoms with E-state index < -0.39 is 11.7 Å². The Labute approximate surface area is 189 Å². The summed E-state index contributed by atoms with van der Waals surface area (Å²) in [6, 6.07) is 14.2. The number of methoxy groups -OCH3 is 1. The Bertz CT molecular complexity index is 1010. The lowest BCUT2D eigenvalue weighted by Crippen LogP contribution is -2.58. The molecular formula is C26H31N3O3. The van der Waals surface area contributed by atoms with Gasteiger partial charge in [0.25, 0.3) is 0 Å². The zero-order valence-electron chi connectivity index (χ0n) is 18.6. The molecule has 2 aromatic rings. The largest absolute Gasteiger partial charge is 0.388 e. The molecule has 1 aromatic carbocycles. The van der Waals surface area contributed by atoms with Gasteiger partial charge in [-0.05, 0) is 43.6 Å². The standard InChI is InChI=1S/C26H31N3O3/c1-32-24-17-29(16-23(24)30)25-8-7-20(22(27-25)15-19-5-3-2-4-6-19)9-12-26(31)18-28-13-10-21(26)11-14-28/h2-8,21,23-24,30-31H,10-11,13-18H2,1H3/t23-,24+,26-/m0/s1. The maximum atomic E-state index is 11.2. The number of anilines is 1. The van der Waals surface area contributed by atoms with Crippen molar-refractivity contribution in [3.63, 3.8) is 0 Å². The fourth-order valence-corrected chi connectivity index (χ4v) is 5.23. The first-order chi connectivity index (χ1) is 15.5. The van der Waals surface area contributed by atoms with Crippen molar-refractivity contribution < 1.29 is 14.9 Å². The van der Waals surface area contributed by atoms with Crippen LogP contribution in [-0.2, 0) is 11.2 Å². The van der Waals surface area contributed by atoms with E-state index in [1.54, 1.807) is 7.11 Å². The molecule has 168 valence electrons. The Morgan fingerprint density at radius 3 is 2.56 bits per heavy atom. The Morgan fingerprint density at radius 2 is 1.91 bits per heavy atom. The minimum Gasteiger partial charge on any atom is -0.388 e. The number of aromatic nitrogens is 1. The number of hydrogen-bond donors (Lipinski definition) is 2. The highest BCUT2D eigenvalue weighted by atomic mass is 16.5. The van der Waals surface area contributed by atoms with Crippen LogP contribution in [0.3, 0.4) is 0 Å². The number of nitrogens with zero attached hydrogens (tertiary/aromatic N) is 3. The molecule has 4 aliphatic rings. The molecule has 6 heteroatoms. The van der Waals surface area contributed by atoms with E-state index in [-0.39, 0.29) is 12.0 Å². The summed E-state index contributed by atoms with van der Waals surface area (Å²) in [5.41, 5.74) is 1.97. The van der Waals surface area contributed by atoms with Crippen LogP contribution in [0, 0.1) is 17.8 Å². The number of hydrogen-bond acceptors (Lipinski definition) is 6. The van der Waals surface area contributed by atoms with Crippen LogP contribution in [0.5, 0.6) is 0 Å². The number of fused-ring (bicyclic) bond motifs is 3. The van der Waals surface area contributed by atoms with E-state index in [1.807, 2.05) is 30.3 Å². The van der Waals surface area contributed by atoms with Crippen molar-refractivity contribution in [2.24, 2.45) is 5.92 Å². The highest BCUT2D eigenvalue weighted by molar-refractivity contribution is 5.50. The molecule has 4 fully saturated rings.